The molecule has 0 saturated heterocycles. The molecular weight excluding hydrogens is 382 g/mol. The summed E-state index contributed by atoms with van der Waals surface area (Å²) in [5, 5.41) is 14.9. The van der Waals surface area contributed by atoms with E-state index < -0.39 is 5.25 Å². The topological polar surface area (TPSA) is 104 Å². The Kier molecular flexibility index (Phi) is 6.19. The van der Waals surface area contributed by atoms with Crippen LogP contribution in [-0.2, 0) is 18.4 Å². The number of methoxy groups -OCH3 is 1. The summed E-state index contributed by atoms with van der Waals surface area (Å²) in [4.78, 5) is 12.3. The third kappa shape index (κ3) is 4.83. The van der Waals surface area contributed by atoms with Crippen molar-refractivity contribution in [2.75, 3.05) is 12.4 Å². The van der Waals surface area contributed by atoms with E-state index in [0.717, 1.165) is 5.75 Å². The van der Waals surface area contributed by atoms with E-state index in [2.05, 4.69) is 20.7 Å². The van der Waals surface area contributed by atoms with Crippen LogP contribution in [0.15, 0.2) is 40.0 Å². The molecule has 10 heteroatoms. The van der Waals surface area contributed by atoms with Crippen molar-refractivity contribution in [3.8, 4) is 11.5 Å². The van der Waals surface area contributed by atoms with Crippen LogP contribution < -0.4 is 14.8 Å². The summed E-state index contributed by atoms with van der Waals surface area (Å²) >= 11 is 1.29. The van der Waals surface area contributed by atoms with Crippen LogP contribution >= 0.6 is 11.8 Å². The number of amides is 1. The standard InChI is InChI=1S/C18H21N5O4S/c1-11-9-16(27-22-11)19-17(24)12(2)28-18-21-20-15(23(18)3)10-26-14-7-5-13(25-4)6-8-14/h5-9,12H,10H2,1-4H3,(H,19,24). The van der Waals surface area contributed by atoms with Gasteiger partial charge in [-0.3, -0.25) is 10.1 Å². The van der Waals surface area contributed by atoms with E-state index in [1.54, 1.807) is 31.6 Å². The number of thioether (sulfide) groups is 1. The zero-order valence-corrected chi connectivity index (χ0v) is 16.8. The lowest BCUT2D eigenvalue weighted by atomic mass is 10.3. The van der Waals surface area contributed by atoms with Crippen molar-refractivity contribution in [1.29, 1.82) is 0 Å². The Balaban J connectivity index is 1.56. The molecule has 148 valence electrons. The van der Waals surface area contributed by atoms with Crippen LogP contribution in [0.25, 0.3) is 0 Å². The molecule has 0 radical (unpaired) electrons. The van der Waals surface area contributed by atoms with E-state index in [1.807, 2.05) is 31.3 Å². The molecule has 9 nitrogen and oxygen atoms in total. The minimum atomic E-state index is -0.399. The zero-order valence-electron chi connectivity index (χ0n) is 16.0. The SMILES string of the molecule is COc1ccc(OCc2nnc(SC(C)C(=O)Nc3cc(C)no3)n2C)cc1. The van der Waals surface area contributed by atoms with Gasteiger partial charge in [0.15, 0.2) is 11.0 Å². The Labute approximate surface area is 166 Å². The molecule has 3 rings (SSSR count). The van der Waals surface area contributed by atoms with Gasteiger partial charge >= 0.3 is 0 Å². The van der Waals surface area contributed by atoms with E-state index in [4.69, 9.17) is 14.0 Å². The maximum Gasteiger partial charge on any atom is 0.240 e. The fraction of sp³-hybridized carbons (Fsp3) is 0.333. The number of rotatable bonds is 8. The van der Waals surface area contributed by atoms with Gasteiger partial charge in [0.2, 0.25) is 11.8 Å². The Morgan fingerprint density at radius 3 is 2.64 bits per heavy atom. The van der Waals surface area contributed by atoms with Crippen LogP contribution in [0.2, 0.25) is 0 Å². The molecule has 2 heterocycles. The highest BCUT2D eigenvalue weighted by Gasteiger charge is 2.20. The van der Waals surface area contributed by atoms with Crippen LogP contribution in [0.5, 0.6) is 11.5 Å². The second kappa shape index (κ2) is 8.79. The quantitative estimate of drug-likeness (QED) is 0.573. The monoisotopic (exact) mass is 403 g/mol. The molecule has 3 aromatic rings. The number of nitrogens with one attached hydrogen (secondary N) is 1. The second-order valence-corrected chi connectivity index (χ2v) is 7.31. The van der Waals surface area contributed by atoms with Crippen molar-refractivity contribution >= 4 is 23.6 Å². The highest BCUT2D eigenvalue weighted by atomic mass is 32.2. The summed E-state index contributed by atoms with van der Waals surface area (Å²) in [7, 11) is 3.45. The first kappa shape index (κ1) is 19.7. The van der Waals surface area contributed by atoms with Gasteiger partial charge in [0, 0.05) is 13.1 Å². The lowest BCUT2D eigenvalue weighted by Crippen LogP contribution is -2.22. The summed E-state index contributed by atoms with van der Waals surface area (Å²) in [5.41, 5.74) is 0.699. The molecular formula is C18H21N5O4S. The van der Waals surface area contributed by atoms with Crippen molar-refractivity contribution in [2.24, 2.45) is 7.05 Å². The minimum Gasteiger partial charge on any atom is -0.497 e. The number of carbonyl (C=O) groups is 1. The fourth-order valence-corrected chi connectivity index (χ4v) is 3.08. The molecule has 0 saturated carbocycles. The molecule has 1 amide bonds. The number of anilines is 1. The summed E-state index contributed by atoms with van der Waals surface area (Å²) in [6, 6.07) is 8.95. The maximum atomic E-state index is 12.3. The van der Waals surface area contributed by atoms with Crippen molar-refractivity contribution in [3.63, 3.8) is 0 Å². The third-order valence-electron chi connectivity index (χ3n) is 3.88. The molecule has 0 aliphatic rings. The molecule has 0 bridgehead atoms. The lowest BCUT2D eigenvalue weighted by Gasteiger charge is -2.10. The largest absolute Gasteiger partial charge is 0.497 e. The van der Waals surface area contributed by atoms with Gasteiger partial charge in [0.1, 0.15) is 18.1 Å². The van der Waals surface area contributed by atoms with Gasteiger partial charge < -0.3 is 18.6 Å². The van der Waals surface area contributed by atoms with Crippen molar-refractivity contribution < 1.29 is 18.8 Å². The van der Waals surface area contributed by atoms with Crippen LogP contribution in [0.4, 0.5) is 5.88 Å². The molecule has 0 aliphatic heterocycles. The number of hydrogen-bond donors (Lipinski definition) is 1. The minimum absolute atomic E-state index is 0.208. The Morgan fingerprint density at radius 2 is 2.00 bits per heavy atom. The van der Waals surface area contributed by atoms with Gasteiger partial charge in [-0.1, -0.05) is 16.9 Å². The van der Waals surface area contributed by atoms with Gasteiger partial charge in [-0.2, -0.15) is 0 Å². The number of aromatic nitrogens is 4. The molecule has 1 aromatic carbocycles. The Morgan fingerprint density at radius 1 is 1.29 bits per heavy atom. The highest BCUT2D eigenvalue weighted by Crippen LogP contribution is 2.24. The van der Waals surface area contributed by atoms with Gasteiger partial charge in [0.05, 0.1) is 18.1 Å². The van der Waals surface area contributed by atoms with Crippen molar-refractivity contribution in [1.82, 2.24) is 19.9 Å². The molecule has 0 spiro atoms. The third-order valence-corrected chi connectivity index (χ3v) is 5.01. The first-order valence-corrected chi connectivity index (χ1v) is 9.40. The van der Waals surface area contributed by atoms with Crippen molar-refractivity contribution in [3.05, 3.63) is 41.9 Å². The number of ether oxygens (including phenoxy) is 2. The number of nitrogens with zero attached hydrogens (tertiary/aromatic N) is 4. The summed E-state index contributed by atoms with van der Waals surface area (Å²) in [6.45, 7) is 3.83. The summed E-state index contributed by atoms with van der Waals surface area (Å²) in [6.07, 6.45) is 0. The van der Waals surface area contributed by atoms with E-state index in [9.17, 15) is 4.79 Å². The predicted molar refractivity (Wildman–Crippen MR) is 104 cm³/mol. The second-order valence-electron chi connectivity index (χ2n) is 6.00. The number of benzene rings is 1. The average molecular weight is 403 g/mol. The van der Waals surface area contributed by atoms with Gasteiger partial charge in [-0.15, -0.1) is 10.2 Å². The summed E-state index contributed by atoms with van der Waals surface area (Å²) in [5.74, 6) is 2.23. The van der Waals surface area contributed by atoms with Crippen LogP contribution in [0.1, 0.15) is 18.4 Å². The van der Waals surface area contributed by atoms with Crippen LogP contribution in [0, 0.1) is 6.92 Å². The van der Waals surface area contributed by atoms with E-state index in [1.165, 1.54) is 11.8 Å². The Hall–Kier alpha value is -3.01. The normalized spacial score (nSPS) is 11.9. The van der Waals surface area contributed by atoms with Crippen LogP contribution in [0.3, 0.4) is 0 Å². The van der Waals surface area contributed by atoms with E-state index >= 15 is 0 Å². The number of hydrogen-bond acceptors (Lipinski definition) is 8. The molecule has 2 aromatic heterocycles. The molecule has 28 heavy (non-hydrogen) atoms. The first-order valence-electron chi connectivity index (χ1n) is 8.52. The van der Waals surface area contributed by atoms with Crippen LogP contribution in [-0.4, -0.2) is 38.2 Å². The van der Waals surface area contributed by atoms with Crippen molar-refractivity contribution in [2.45, 2.75) is 30.9 Å². The Bertz CT molecular complexity index is 938. The number of carbonyl (C=O) groups excluding carboxylic acids is 1. The fourth-order valence-electron chi connectivity index (χ4n) is 2.25. The molecule has 0 fully saturated rings. The van der Waals surface area contributed by atoms with Gasteiger partial charge in [-0.05, 0) is 38.1 Å². The molecule has 0 aliphatic carbocycles. The highest BCUT2D eigenvalue weighted by molar-refractivity contribution is 8.00. The molecule has 1 unspecified atom stereocenters. The average Bonchev–Trinajstić information content (AvgIpc) is 3.26. The molecule has 1 atom stereocenters. The van der Waals surface area contributed by atoms with Gasteiger partial charge in [0.25, 0.3) is 0 Å². The smallest absolute Gasteiger partial charge is 0.240 e. The molecule has 1 N–H and O–H groups in total. The zero-order chi connectivity index (χ0) is 20.1. The maximum absolute atomic E-state index is 12.3. The summed E-state index contributed by atoms with van der Waals surface area (Å²) < 4.78 is 17.7. The van der Waals surface area contributed by atoms with E-state index in [-0.39, 0.29) is 12.5 Å². The van der Waals surface area contributed by atoms with E-state index in [0.29, 0.717) is 28.3 Å². The van der Waals surface area contributed by atoms with Gasteiger partial charge in [-0.25, -0.2) is 0 Å². The first-order chi connectivity index (χ1) is 13.5. The lowest BCUT2D eigenvalue weighted by molar-refractivity contribution is -0.115. The number of aryl methyl sites for hydroxylation is 1. The predicted octanol–water partition coefficient (Wildman–Crippen LogP) is 2.82.